The number of amides is 1. The summed E-state index contributed by atoms with van der Waals surface area (Å²) in [5.41, 5.74) is 0.727. The molecule has 2 rings (SSSR count). The first kappa shape index (κ1) is 12.4. The Balaban J connectivity index is 2.15. The van der Waals surface area contributed by atoms with Crippen LogP contribution in [-0.2, 0) is 0 Å². The summed E-state index contributed by atoms with van der Waals surface area (Å²) in [5.74, 6) is 0.719. The number of nitrogens with zero attached hydrogens (tertiary/aromatic N) is 2. The highest BCUT2D eigenvalue weighted by Crippen LogP contribution is 2.20. The molecule has 2 heterocycles. The van der Waals surface area contributed by atoms with Crippen molar-refractivity contribution in [2.75, 3.05) is 12.4 Å². The number of carbonyl (C=O) groups is 1. The molecule has 94 valence electrons. The first-order chi connectivity index (χ1) is 8.22. The van der Waals surface area contributed by atoms with Crippen LogP contribution in [0.5, 0.6) is 0 Å². The molecule has 17 heavy (non-hydrogen) atoms. The molecule has 0 radical (unpaired) electrons. The van der Waals surface area contributed by atoms with Crippen LogP contribution in [0.15, 0.2) is 10.6 Å². The van der Waals surface area contributed by atoms with Crippen molar-refractivity contribution in [3.05, 3.63) is 17.5 Å². The SMILES string of the molecule is Cc1cc(C(=O)N2CCCCCC2CCl)on1. The summed E-state index contributed by atoms with van der Waals surface area (Å²) in [5, 5.41) is 3.75. The largest absolute Gasteiger partial charge is 0.351 e. The smallest absolute Gasteiger partial charge is 0.292 e. The molecule has 1 aliphatic rings. The van der Waals surface area contributed by atoms with Gasteiger partial charge in [0.25, 0.3) is 5.91 Å². The zero-order valence-electron chi connectivity index (χ0n) is 9.99. The van der Waals surface area contributed by atoms with Gasteiger partial charge in [-0.1, -0.05) is 18.0 Å². The van der Waals surface area contributed by atoms with E-state index in [1.807, 2.05) is 11.8 Å². The second kappa shape index (κ2) is 5.54. The first-order valence-electron chi connectivity index (χ1n) is 6.02. The van der Waals surface area contributed by atoms with E-state index in [2.05, 4.69) is 5.16 Å². The van der Waals surface area contributed by atoms with E-state index in [4.69, 9.17) is 16.1 Å². The molecular formula is C12H17ClN2O2. The minimum atomic E-state index is -0.0850. The van der Waals surface area contributed by atoms with Gasteiger partial charge >= 0.3 is 0 Å². The highest BCUT2D eigenvalue weighted by Gasteiger charge is 2.27. The lowest BCUT2D eigenvalue weighted by Crippen LogP contribution is -2.40. The van der Waals surface area contributed by atoms with Gasteiger partial charge in [-0.15, -0.1) is 11.6 Å². The number of likely N-dealkylation sites (tertiary alicyclic amines) is 1. The number of halogens is 1. The number of rotatable bonds is 2. The van der Waals surface area contributed by atoms with Crippen molar-refractivity contribution in [3.63, 3.8) is 0 Å². The fraction of sp³-hybridized carbons (Fsp3) is 0.667. The Morgan fingerprint density at radius 2 is 2.41 bits per heavy atom. The van der Waals surface area contributed by atoms with Gasteiger partial charge in [-0.05, 0) is 19.8 Å². The Labute approximate surface area is 106 Å². The second-order valence-electron chi connectivity index (χ2n) is 4.49. The van der Waals surface area contributed by atoms with Crippen LogP contribution < -0.4 is 0 Å². The van der Waals surface area contributed by atoms with E-state index in [-0.39, 0.29) is 11.9 Å². The summed E-state index contributed by atoms with van der Waals surface area (Å²) in [7, 11) is 0. The second-order valence-corrected chi connectivity index (χ2v) is 4.80. The number of aromatic nitrogens is 1. The maximum atomic E-state index is 12.3. The van der Waals surface area contributed by atoms with Crippen molar-refractivity contribution in [2.45, 2.75) is 38.6 Å². The highest BCUT2D eigenvalue weighted by molar-refractivity contribution is 6.18. The third-order valence-electron chi connectivity index (χ3n) is 3.15. The van der Waals surface area contributed by atoms with E-state index in [0.717, 1.165) is 37.9 Å². The predicted octanol–water partition coefficient (Wildman–Crippen LogP) is 2.61. The summed E-state index contributed by atoms with van der Waals surface area (Å²) >= 11 is 5.94. The van der Waals surface area contributed by atoms with Crippen LogP contribution in [0.25, 0.3) is 0 Å². The molecule has 0 saturated carbocycles. The Morgan fingerprint density at radius 3 is 3.06 bits per heavy atom. The third-order valence-corrected chi connectivity index (χ3v) is 3.51. The molecule has 1 aromatic heterocycles. The van der Waals surface area contributed by atoms with Gasteiger partial charge in [-0.25, -0.2) is 0 Å². The predicted molar refractivity (Wildman–Crippen MR) is 65.3 cm³/mol. The minimum absolute atomic E-state index is 0.0850. The zero-order chi connectivity index (χ0) is 12.3. The monoisotopic (exact) mass is 256 g/mol. The van der Waals surface area contributed by atoms with Gasteiger partial charge in [-0.3, -0.25) is 4.79 Å². The van der Waals surface area contributed by atoms with Gasteiger partial charge in [-0.2, -0.15) is 0 Å². The highest BCUT2D eigenvalue weighted by atomic mass is 35.5. The van der Waals surface area contributed by atoms with Crippen molar-refractivity contribution in [1.29, 1.82) is 0 Å². The van der Waals surface area contributed by atoms with E-state index >= 15 is 0 Å². The van der Waals surface area contributed by atoms with Gasteiger partial charge in [0.1, 0.15) is 0 Å². The molecule has 1 fully saturated rings. The molecule has 0 spiro atoms. The lowest BCUT2D eigenvalue weighted by atomic mass is 10.1. The molecule has 1 aromatic rings. The lowest BCUT2D eigenvalue weighted by Gasteiger charge is -2.27. The Bertz CT molecular complexity index is 392. The van der Waals surface area contributed by atoms with Crippen LogP contribution in [-0.4, -0.2) is 34.4 Å². The van der Waals surface area contributed by atoms with Crippen molar-refractivity contribution in [1.82, 2.24) is 10.1 Å². The topological polar surface area (TPSA) is 46.3 Å². The van der Waals surface area contributed by atoms with Crippen molar-refractivity contribution in [2.24, 2.45) is 0 Å². The van der Waals surface area contributed by atoms with Gasteiger partial charge in [0.15, 0.2) is 0 Å². The molecule has 0 N–H and O–H groups in total. The quantitative estimate of drug-likeness (QED) is 0.764. The van der Waals surface area contributed by atoms with Crippen LogP contribution in [0.3, 0.4) is 0 Å². The van der Waals surface area contributed by atoms with Crippen molar-refractivity contribution >= 4 is 17.5 Å². The number of hydrogen-bond acceptors (Lipinski definition) is 3. The molecule has 1 unspecified atom stereocenters. The van der Waals surface area contributed by atoms with Crippen molar-refractivity contribution in [3.8, 4) is 0 Å². The van der Waals surface area contributed by atoms with Crippen LogP contribution in [0.2, 0.25) is 0 Å². The fourth-order valence-electron chi connectivity index (χ4n) is 2.21. The van der Waals surface area contributed by atoms with Gasteiger partial charge in [0.05, 0.1) is 5.69 Å². The summed E-state index contributed by atoms with van der Waals surface area (Å²) in [6.45, 7) is 2.57. The lowest BCUT2D eigenvalue weighted by molar-refractivity contribution is 0.0658. The van der Waals surface area contributed by atoms with E-state index in [1.165, 1.54) is 0 Å². The Hall–Kier alpha value is -1.03. The molecule has 1 saturated heterocycles. The maximum Gasteiger partial charge on any atom is 0.292 e. The molecule has 1 aliphatic heterocycles. The van der Waals surface area contributed by atoms with Crippen LogP contribution >= 0.6 is 11.6 Å². The standard InChI is InChI=1S/C12H17ClN2O2/c1-9-7-11(17-14-9)12(16)15-6-4-2-3-5-10(15)8-13/h7,10H,2-6,8H2,1H3. The number of carbonyl (C=O) groups excluding carboxylic acids is 1. The number of hydrogen-bond donors (Lipinski definition) is 0. The first-order valence-corrected chi connectivity index (χ1v) is 6.56. The summed E-state index contributed by atoms with van der Waals surface area (Å²) in [6, 6.07) is 1.80. The molecule has 0 aliphatic carbocycles. The molecular weight excluding hydrogens is 240 g/mol. The summed E-state index contributed by atoms with van der Waals surface area (Å²) < 4.78 is 5.03. The van der Waals surface area contributed by atoms with Gasteiger partial charge < -0.3 is 9.42 Å². The Morgan fingerprint density at radius 1 is 1.59 bits per heavy atom. The van der Waals surface area contributed by atoms with Crippen LogP contribution in [0.1, 0.15) is 41.9 Å². The van der Waals surface area contributed by atoms with Gasteiger partial charge in [0.2, 0.25) is 5.76 Å². The minimum Gasteiger partial charge on any atom is -0.351 e. The van der Waals surface area contributed by atoms with Crippen LogP contribution in [0, 0.1) is 6.92 Å². The molecule has 5 heteroatoms. The summed E-state index contributed by atoms with van der Waals surface area (Å²) in [4.78, 5) is 14.1. The normalized spacial score (nSPS) is 21.3. The third kappa shape index (κ3) is 2.80. The van der Waals surface area contributed by atoms with E-state index in [9.17, 15) is 4.79 Å². The van der Waals surface area contributed by atoms with Crippen LogP contribution in [0.4, 0.5) is 0 Å². The average Bonchev–Trinajstić information content (AvgIpc) is 2.64. The molecule has 0 bridgehead atoms. The molecule has 1 amide bonds. The molecule has 0 aromatic carbocycles. The van der Waals surface area contributed by atoms with Crippen molar-refractivity contribution < 1.29 is 9.32 Å². The molecule has 1 atom stereocenters. The Kier molecular flexibility index (Phi) is 4.05. The average molecular weight is 257 g/mol. The zero-order valence-corrected chi connectivity index (χ0v) is 10.7. The summed E-state index contributed by atoms with van der Waals surface area (Å²) in [6.07, 6.45) is 4.30. The number of alkyl halides is 1. The fourth-order valence-corrected chi connectivity index (χ4v) is 2.53. The molecule has 4 nitrogen and oxygen atoms in total. The van der Waals surface area contributed by atoms with E-state index < -0.39 is 0 Å². The van der Waals surface area contributed by atoms with E-state index in [1.54, 1.807) is 6.07 Å². The number of aryl methyl sites for hydroxylation is 1. The van der Waals surface area contributed by atoms with E-state index in [0.29, 0.717) is 11.6 Å². The van der Waals surface area contributed by atoms with Gasteiger partial charge in [0, 0.05) is 24.5 Å². The maximum absolute atomic E-state index is 12.3.